The molecule has 0 aromatic heterocycles. The summed E-state index contributed by atoms with van der Waals surface area (Å²) >= 11 is 0. The maximum Gasteiger partial charge on any atom is 0.275 e. The van der Waals surface area contributed by atoms with Crippen LogP contribution in [0.25, 0.3) is 0 Å². The van der Waals surface area contributed by atoms with Crippen molar-refractivity contribution in [2.24, 2.45) is 11.0 Å². The van der Waals surface area contributed by atoms with Gasteiger partial charge in [-0.1, -0.05) is 26.0 Å². The Kier molecular flexibility index (Phi) is 3.23. The Bertz CT molecular complexity index is 324. The molecule has 0 unspecified atom stereocenters. The van der Waals surface area contributed by atoms with Crippen LogP contribution in [0.3, 0.4) is 0 Å². The van der Waals surface area contributed by atoms with Crippen molar-refractivity contribution < 1.29 is 4.79 Å². The molecule has 0 saturated carbocycles. The van der Waals surface area contributed by atoms with Crippen LogP contribution in [0.5, 0.6) is 0 Å². The van der Waals surface area contributed by atoms with Gasteiger partial charge in [0.05, 0.1) is 11.3 Å². The highest BCUT2D eigenvalue weighted by molar-refractivity contribution is 6.23. The summed E-state index contributed by atoms with van der Waals surface area (Å²) in [6.07, 6.45) is 5.78. The fourth-order valence-corrected chi connectivity index (χ4v) is 1.22. The lowest BCUT2D eigenvalue weighted by Gasteiger charge is -2.00. The zero-order valence-corrected chi connectivity index (χ0v) is 9.11. The highest BCUT2D eigenvalue weighted by Crippen LogP contribution is 2.12. The number of allylic oxidation sites excluding steroid dienone is 3. The molecule has 3 heteroatoms. The largest absolute Gasteiger partial charge is 0.275 e. The second kappa shape index (κ2) is 4.22. The van der Waals surface area contributed by atoms with E-state index in [1.807, 2.05) is 25.2 Å². The Hall–Kier alpha value is -1.38. The molecule has 76 valence electrons. The van der Waals surface area contributed by atoms with E-state index in [4.69, 9.17) is 0 Å². The summed E-state index contributed by atoms with van der Waals surface area (Å²) in [5.74, 6) is 0.467. The van der Waals surface area contributed by atoms with Crippen molar-refractivity contribution in [3.05, 3.63) is 23.8 Å². The molecule has 3 nitrogen and oxygen atoms in total. The van der Waals surface area contributed by atoms with Crippen molar-refractivity contribution in [2.75, 3.05) is 7.05 Å². The molecule has 0 N–H and O–H groups in total. The number of hydrogen-bond donors (Lipinski definition) is 0. The third kappa shape index (κ3) is 2.31. The minimum atomic E-state index is -0.0316. The van der Waals surface area contributed by atoms with Crippen LogP contribution in [0.15, 0.2) is 28.9 Å². The highest BCUT2D eigenvalue weighted by Gasteiger charge is 2.23. The van der Waals surface area contributed by atoms with Gasteiger partial charge in [-0.05, 0) is 18.9 Å². The summed E-state index contributed by atoms with van der Waals surface area (Å²) in [6, 6.07) is 0. The number of hydrogen-bond acceptors (Lipinski definition) is 2. The van der Waals surface area contributed by atoms with E-state index < -0.39 is 0 Å². The molecule has 0 aromatic carbocycles. The first-order valence-electron chi connectivity index (χ1n) is 4.74. The molecule has 0 spiro atoms. The Balaban J connectivity index is 2.79. The summed E-state index contributed by atoms with van der Waals surface area (Å²) in [5, 5.41) is 5.41. The molecule has 1 aliphatic heterocycles. The van der Waals surface area contributed by atoms with Crippen LogP contribution in [0.2, 0.25) is 0 Å². The minimum Gasteiger partial charge on any atom is -0.267 e. The van der Waals surface area contributed by atoms with Crippen molar-refractivity contribution in [3.8, 4) is 0 Å². The summed E-state index contributed by atoms with van der Waals surface area (Å²) in [5.41, 5.74) is 1.47. The molecule has 0 radical (unpaired) electrons. The van der Waals surface area contributed by atoms with Crippen LogP contribution in [0.1, 0.15) is 20.8 Å². The van der Waals surface area contributed by atoms with Gasteiger partial charge in [0.1, 0.15) is 0 Å². The van der Waals surface area contributed by atoms with Gasteiger partial charge in [0.15, 0.2) is 0 Å². The van der Waals surface area contributed by atoms with Crippen molar-refractivity contribution in [3.63, 3.8) is 0 Å². The first-order valence-corrected chi connectivity index (χ1v) is 4.74. The molecule has 0 aromatic rings. The number of rotatable bonds is 2. The lowest BCUT2D eigenvalue weighted by atomic mass is 10.1. The quantitative estimate of drug-likeness (QED) is 0.616. The van der Waals surface area contributed by atoms with Crippen molar-refractivity contribution in [1.29, 1.82) is 0 Å². The van der Waals surface area contributed by atoms with Crippen LogP contribution >= 0.6 is 0 Å². The lowest BCUT2D eigenvalue weighted by molar-refractivity contribution is -0.124. The van der Waals surface area contributed by atoms with E-state index in [9.17, 15) is 4.79 Å². The molecule has 0 saturated heterocycles. The van der Waals surface area contributed by atoms with Crippen LogP contribution < -0.4 is 0 Å². The smallest absolute Gasteiger partial charge is 0.267 e. The zero-order valence-electron chi connectivity index (χ0n) is 9.11. The monoisotopic (exact) mass is 192 g/mol. The fraction of sp³-hybridized carbons (Fsp3) is 0.455. The third-order valence-electron chi connectivity index (χ3n) is 1.97. The summed E-state index contributed by atoms with van der Waals surface area (Å²) in [4.78, 5) is 11.5. The molecular weight excluding hydrogens is 176 g/mol. The van der Waals surface area contributed by atoms with Crippen LogP contribution in [-0.2, 0) is 4.79 Å². The maximum absolute atomic E-state index is 11.5. The van der Waals surface area contributed by atoms with Crippen LogP contribution in [0, 0.1) is 5.92 Å². The molecule has 1 amide bonds. The predicted molar refractivity (Wildman–Crippen MR) is 57.9 cm³/mol. The van der Waals surface area contributed by atoms with Gasteiger partial charge >= 0.3 is 0 Å². The Morgan fingerprint density at radius 3 is 2.50 bits per heavy atom. The van der Waals surface area contributed by atoms with Gasteiger partial charge in [-0.25, -0.2) is 5.01 Å². The number of hydrazone groups is 1. The molecule has 0 aliphatic carbocycles. The van der Waals surface area contributed by atoms with E-state index in [0.29, 0.717) is 11.5 Å². The van der Waals surface area contributed by atoms with Crippen molar-refractivity contribution in [1.82, 2.24) is 5.01 Å². The van der Waals surface area contributed by atoms with E-state index in [-0.39, 0.29) is 5.91 Å². The summed E-state index contributed by atoms with van der Waals surface area (Å²) < 4.78 is 0. The summed E-state index contributed by atoms with van der Waals surface area (Å²) in [7, 11) is 1.67. The average Bonchev–Trinajstić information content (AvgIpc) is 2.31. The van der Waals surface area contributed by atoms with Gasteiger partial charge in [-0.2, -0.15) is 5.10 Å². The van der Waals surface area contributed by atoms with Gasteiger partial charge in [-0.3, -0.25) is 4.79 Å². The SMILES string of the molecule is CC1=NN(C)C(=O)C1=C/C=C/C(C)C. The fourth-order valence-electron chi connectivity index (χ4n) is 1.22. The molecule has 0 atom stereocenters. The van der Waals surface area contributed by atoms with Gasteiger partial charge < -0.3 is 0 Å². The number of carbonyl (C=O) groups excluding carboxylic acids is 1. The minimum absolute atomic E-state index is 0.0316. The molecule has 14 heavy (non-hydrogen) atoms. The third-order valence-corrected chi connectivity index (χ3v) is 1.97. The molecular formula is C11H16N2O. The lowest BCUT2D eigenvalue weighted by Crippen LogP contribution is -2.16. The molecule has 0 bridgehead atoms. The number of likely N-dealkylation sites (N-methyl/N-ethyl adjacent to an activating group) is 1. The Morgan fingerprint density at radius 2 is 2.07 bits per heavy atom. The van der Waals surface area contributed by atoms with Gasteiger partial charge in [0.25, 0.3) is 5.91 Å². The van der Waals surface area contributed by atoms with Gasteiger partial charge in [0, 0.05) is 7.05 Å². The van der Waals surface area contributed by atoms with E-state index in [2.05, 4.69) is 18.9 Å². The van der Waals surface area contributed by atoms with Gasteiger partial charge in [0.2, 0.25) is 0 Å². The molecule has 1 aliphatic rings. The average molecular weight is 192 g/mol. The van der Waals surface area contributed by atoms with E-state index in [1.165, 1.54) is 5.01 Å². The van der Waals surface area contributed by atoms with Crippen LogP contribution in [0.4, 0.5) is 0 Å². The number of carbonyl (C=O) groups is 1. The van der Waals surface area contributed by atoms with Crippen molar-refractivity contribution in [2.45, 2.75) is 20.8 Å². The van der Waals surface area contributed by atoms with Crippen LogP contribution in [-0.4, -0.2) is 23.7 Å². The Labute approximate surface area is 84.8 Å². The highest BCUT2D eigenvalue weighted by atomic mass is 16.2. The second-order valence-electron chi connectivity index (χ2n) is 3.72. The normalized spacial score (nSPS) is 20.4. The first kappa shape index (κ1) is 10.7. The summed E-state index contributed by atoms with van der Waals surface area (Å²) in [6.45, 7) is 6.04. The second-order valence-corrected chi connectivity index (χ2v) is 3.72. The predicted octanol–water partition coefficient (Wildman–Crippen LogP) is 1.97. The van der Waals surface area contributed by atoms with Gasteiger partial charge in [-0.15, -0.1) is 0 Å². The van der Waals surface area contributed by atoms with E-state index >= 15 is 0 Å². The van der Waals surface area contributed by atoms with E-state index in [1.54, 1.807) is 7.05 Å². The topological polar surface area (TPSA) is 32.7 Å². The number of amides is 1. The first-order chi connectivity index (χ1) is 6.52. The molecule has 1 heterocycles. The van der Waals surface area contributed by atoms with Crippen molar-refractivity contribution >= 4 is 11.6 Å². The molecule has 0 fully saturated rings. The Morgan fingerprint density at radius 1 is 1.43 bits per heavy atom. The maximum atomic E-state index is 11.5. The van der Waals surface area contributed by atoms with E-state index in [0.717, 1.165) is 5.71 Å². The number of nitrogens with zero attached hydrogens (tertiary/aromatic N) is 2. The molecule has 1 rings (SSSR count). The standard InChI is InChI=1S/C11H16N2O/c1-8(2)6-5-7-10-9(3)12-13(4)11(10)14/h5-8H,1-4H3/b6-5+,10-7?. The zero-order chi connectivity index (χ0) is 10.7.